The Bertz CT molecular complexity index is 1040. The van der Waals surface area contributed by atoms with Crippen LogP contribution < -0.4 is 14.8 Å². The molecule has 0 aliphatic heterocycles. The van der Waals surface area contributed by atoms with E-state index in [0.717, 1.165) is 11.6 Å². The lowest BCUT2D eigenvalue weighted by Gasteiger charge is -2.18. The second kappa shape index (κ2) is 9.60. The number of carbonyl (C=O) groups is 2. The van der Waals surface area contributed by atoms with E-state index in [-0.39, 0.29) is 11.9 Å². The number of carbonyl (C=O) groups excluding carboxylic acids is 2. The number of fused-ring (bicyclic) bond motifs is 1. The number of benzene rings is 2. The largest absolute Gasteiger partial charge is 0.497 e. The van der Waals surface area contributed by atoms with Crippen molar-refractivity contribution in [1.29, 1.82) is 0 Å². The maximum atomic E-state index is 12.2. The number of esters is 1. The molecule has 8 heteroatoms. The first kappa shape index (κ1) is 20.9. The lowest BCUT2D eigenvalue weighted by Crippen LogP contribution is -2.31. The quantitative estimate of drug-likeness (QED) is 0.449. The van der Waals surface area contributed by atoms with Gasteiger partial charge in [-0.2, -0.15) is 0 Å². The van der Waals surface area contributed by atoms with Crippen LogP contribution in [0.25, 0.3) is 17.2 Å². The molecule has 0 spiro atoms. The maximum Gasteiger partial charge on any atom is 0.331 e. The standard InChI is InChI=1S/C22H22N2O6/c1-14(16-12-15(27-2)8-9-18(16)28-3)23-20(25)13-29-22(26)11-10-21-24-17-6-4-5-7-19(17)30-21/h4-12,14H,13H2,1-3H3,(H,23,25)/b11-10+/t14-/m1/s1. The highest BCUT2D eigenvalue weighted by atomic mass is 16.5. The minimum absolute atomic E-state index is 0.274. The van der Waals surface area contributed by atoms with Crippen LogP contribution in [-0.4, -0.2) is 37.7 Å². The molecule has 1 N–H and O–H groups in total. The number of rotatable bonds is 8. The zero-order chi connectivity index (χ0) is 21.5. The van der Waals surface area contributed by atoms with Gasteiger partial charge in [-0.05, 0) is 37.3 Å². The first-order chi connectivity index (χ1) is 14.5. The van der Waals surface area contributed by atoms with Crippen molar-refractivity contribution in [2.45, 2.75) is 13.0 Å². The number of ether oxygens (including phenoxy) is 3. The molecule has 0 fully saturated rings. The SMILES string of the molecule is COc1ccc(OC)c([C@@H](C)NC(=O)COC(=O)/C=C/c2nc3ccccc3o2)c1. The number of nitrogens with zero attached hydrogens (tertiary/aromatic N) is 1. The Balaban J connectivity index is 1.53. The van der Waals surface area contributed by atoms with Gasteiger partial charge in [0.1, 0.15) is 17.0 Å². The predicted molar refractivity (Wildman–Crippen MR) is 110 cm³/mol. The smallest absolute Gasteiger partial charge is 0.331 e. The normalized spacial score (nSPS) is 12.0. The summed E-state index contributed by atoms with van der Waals surface area (Å²) in [6, 6.07) is 12.2. The van der Waals surface area contributed by atoms with Crippen molar-refractivity contribution in [3.63, 3.8) is 0 Å². The molecule has 1 amide bonds. The zero-order valence-electron chi connectivity index (χ0n) is 16.9. The fourth-order valence-corrected chi connectivity index (χ4v) is 2.82. The summed E-state index contributed by atoms with van der Waals surface area (Å²) in [7, 11) is 3.10. The van der Waals surface area contributed by atoms with Gasteiger partial charge in [0.25, 0.3) is 5.91 Å². The molecule has 0 aliphatic rings. The van der Waals surface area contributed by atoms with E-state index < -0.39 is 18.5 Å². The fourth-order valence-electron chi connectivity index (χ4n) is 2.82. The van der Waals surface area contributed by atoms with Crippen LogP contribution in [0.2, 0.25) is 0 Å². The predicted octanol–water partition coefficient (Wildman–Crippen LogP) is 3.28. The lowest BCUT2D eigenvalue weighted by molar-refractivity contribution is -0.144. The van der Waals surface area contributed by atoms with Crippen LogP contribution in [0.5, 0.6) is 11.5 Å². The highest BCUT2D eigenvalue weighted by molar-refractivity contribution is 5.89. The number of nitrogens with one attached hydrogen (secondary N) is 1. The van der Waals surface area contributed by atoms with Gasteiger partial charge >= 0.3 is 5.97 Å². The van der Waals surface area contributed by atoms with Gasteiger partial charge < -0.3 is 23.9 Å². The van der Waals surface area contributed by atoms with Crippen molar-refractivity contribution in [2.24, 2.45) is 0 Å². The monoisotopic (exact) mass is 410 g/mol. The molecule has 1 aromatic heterocycles. The Kier molecular flexibility index (Phi) is 6.69. The van der Waals surface area contributed by atoms with E-state index in [2.05, 4.69) is 10.3 Å². The molecule has 8 nitrogen and oxygen atoms in total. The average Bonchev–Trinajstić information content (AvgIpc) is 3.18. The first-order valence-electron chi connectivity index (χ1n) is 9.22. The summed E-state index contributed by atoms with van der Waals surface area (Å²) in [5.41, 5.74) is 2.05. The first-order valence-corrected chi connectivity index (χ1v) is 9.22. The molecule has 1 atom stereocenters. The Morgan fingerprint density at radius 1 is 1.17 bits per heavy atom. The fraction of sp³-hybridized carbons (Fsp3) is 0.227. The number of aromatic nitrogens is 1. The summed E-state index contributed by atoms with van der Waals surface area (Å²) >= 11 is 0. The minimum Gasteiger partial charge on any atom is -0.497 e. The summed E-state index contributed by atoms with van der Waals surface area (Å²) in [5, 5.41) is 2.76. The molecule has 0 radical (unpaired) electrons. The van der Waals surface area contributed by atoms with E-state index in [1.54, 1.807) is 51.5 Å². The molecule has 3 rings (SSSR count). The van der Waals surface area contributed by atoms with Crippen molar-refractivity contribution in [2.75, 3.05) is 20.8 Å². The molecule has 0 saturated carbocycles. The van der Waals surface area contributed by atoms with Crippen molar-refractivity contribution in [3.8, 4) is 11.5 Å². The number of hydrogen-bond acceptors (Lipinski definition) is 7. The summed E-state index contributed by atoms with van der Waals surface area (Å²) in [5.74, 6) is 0.399. The number of hydrogen-bond donors (Lipinski definition) is 1. The number of methoxy groups -OCH3 is 2. The molecule has 0 saturated heterocycles. The van der Waals surface area contributed by atoms with E-state index in [0.29, 0.717) is 22.6 Å². The Morgan fingerprint density at radius 3 is 2.70 bits per heavy atom. The number of amides is 1. The van der Waals surface area contributed by atoms with Gasteiger partial charge in [-0.3, -0.25) is 4.79 Å². The van der Waals surface area contributed by atoms with E-state index in [4.69, 9.17) is 18.6 Å². The van der Waals surface area contributed by atoms with Crippen molar-refractivity contribution in [3.05, 3.63) is 60.0 Å². The van der Waals surface area contributed by atoms with Crippen molar-refractivity contribution in [1.82, 2.24) is 10.3 Å². The van der Waals surface area contributed by atoms with Crippen LogP contribution in [0, 0.1) is 0 Å². The Labute approximate surface area is 173 Å². The molecule has 3 aromatic rings. The van der Waals surface area contributed by atoms with Gasteiger partial charge in [-0.25, -0.2) is 9.78 Å². The molecule has 0 bridgehead atoms. The molecule has 2 aromatic carbocycles. The minimum atomic E-state index is -0.681. The van der Waals surface area contributed by atoms with Gasteiger partial charge in [0.15, 0.2) is 12.2 Å². The van der Waals surface area contributed by atoms with E-state index in [9.17, 15) is 9.59 Å². The zero-order valence-corrected chi connectivity index (χ0v) is 16.9. The highest BCUT2D eigenvalue weighted by Gasteiger charge is 2.16. The topological polar surface area (TPSA) is 99.9 Å². The second-order valence-corrected chi connectivity index (χ2v) is 6.36. The third-order valence-corrected chi connectivity index (χ3v) is 4.30. The average molecular weight is 410 g/mol. The van der Waals surface area contributed by atoms with Crippen LogP contribution in [-0.2, 0) is 14.3 Å². The van der Waals surface area contributed by atoms with Gasteiger partial charge in [0.2, 0.25) is 5.89 Å². The summed E-state index contributed by atoms with van der Waals surface area (Å²) in [6.07, 6.45) is 2.55. The Hall–Kier alpha value is -3.81. The molecule has 156 valence electrons. The summed E-state index contributed by atoms with van der Waals surface area (Å²) in [4.78, 5) is 28.3. The molecule has 1 heterocycles. The van der Waals surface area contributed by atoms with E-state index >= 15 is 0 Å². The third kappa shape index (κ3) is 5.16. The molecular weight excluding hydrogens is 388 g/mol. The van der Waals surface area contributed by atoms with Crippen LogP contribution in [0.3, 0.4) is 0 Å². The highest BCUT2D eigenvalue weighted by Crippen LogP contribution is 2.29. The summed E-state index contributed by atoms with van der Waals surface area (Å²) < 4.78 is 21.0. The van der Waals surface area contributed by atoms with E-state index in [1.807, 2.05) is 12.1 Å². The maximum absolute atomic E-state index is 12.2. The van der Waals surface area contributed by atoms with Gasteiger partial charge in [0.05, 0.1) is 20.3 Å². The molecular formula is C22H22N2O6. The van der Waals surface area contributed by atoms with Gasteiger partial charge in [0, 0.05) is 17.7 Å². The van der Waals surface area contributed by atoms with Gasteiger partial charge in [-0.15, -0.1) is 0 Å². The van der Waals surface area contributed by atoms with Crippen molar-refractivity contribution >= 4 is 29.1 Å². The third-order valence-electron chi connectivity index (χ3n) is 4.30. The summed E-state index contributed by atoms with van der Waals surface area (Å²) in [6.45, 7) is 1.37. The number of oxazole rings is 1. The number of para-hydroxylation sites is 2. The van der Waals surface area contributed by atoms with Crippen LogP contribution in [0.1, 0.15) is 24.4 Å². The molecule has 0 unspecified atom stereocenters. The second-order valence-electron chi connectivity index (χ2n) is 6.36. The van der Waals surface area contributed by atoms with Gasteiger partial charge in [-0.1, -0.05) is 12.1 Å². The Morgan fingerprint density at radius 2 is 1.97 bits per heavy atom. The lowest BCUT2D eigenvalue weighted by atomic mass is 10.1. The van der Waals surface area contributed by atoms with Crippen LogP contribution in [0.15, 0.2) is 53.0 Å². The molecule has 30 heavy (non-hydrogen) atoms. The molecule has 0 aliphatic carbocycles. The van der Waals surface area contributed by atoms with Crippen LogP contribution in [0.4, 0.5) is 0 Å². The van der Waals surface area contributed by atoms with Crippen molar-refractivity contribution < 1.29 is 28.2 Å². The van der Waals surface area contributed by atoms with E-state index in [1.165, 1.54) is 6.08 Å². The van der Waals surface area contributed by atoms with Crippen LogP contribution >= 0.6 is 0 Å².